The van der Waals surface area contributed by atoms with Crippen molar-refractivity contribution in [1.29, 1.82) is 0 Å². The Bertz CT molecular complexity index is 247. The first-order valence-corrected chi connectivity index (χ1v) is 6.99. The van der Waals surface area contributed by atoms with Crippen LogP contribution in [-0.2, 0) is 23.8 Å². The number of carbonyl (C=O) groups is 2. The van der Waals surface area contributed by atoms with Gasteiger partial charge in [-0.2, -0.15) is 0 Å². The molecule has 0 aliphatic rings. The SMILES string of the molecule is CC(=O)OCCCC(Cl)OC(Cl)CCCOC(C)=O. The first kappa shape index (κ1) is 18.5. The molecule has 0 aliphatic carbocycles. The highest BCUT2D eigenvalue weighted by molar-refractivity contribution is 6.21. The van der Waals surface area contributed by atoms with Crippen molar-refractivity contribution >= 4 is 35.1 Å². The Morgan fingerprint density at radius 2 is 1.26 bits per heavy atom. The van der Waals surface area contributed by atoms with Gasteiger partial charge in [-0.15, -0.1) is 0 Å². The Balaban J connectivity index is 3.49. The van der Waals surface area contributed by atoms with E-state index in [1.54, 1.807) is 0 Å². The van der Waals surface area contributed by atoms with Crippen molar-refractivity contribution in [2.45, 2.75) is 50.7 Å². The van der Waals surface area contributed by atoms with E-state index < -0.39 is 11.1 Å². The van der Waals surface area contributed by atoms with Gasteiger partial charge in [-0.3, -0.25) is 9.59 Å². The van der Waals surface area contributed by atoms with Crippen molar-refractivity contribution in [2.75, 3.05) is 13.2 Å². The average Bonchev–Trinajstić information content (AvgIpc) is 2.30. The lowest BCUT2D eigenvalue weighted by Crippen LogP contribution is -2.15. The monoisotopic (exact) mass is 314 g/mol. The molecule has 0 aromatic rings. The number of hydrogen-bond donors (Lipinski definition) is 0. The second-order valence-electron chi connectivity index (χ2n) is 3.92. The largest absolute Gasteiger partial charge is 0.466 e. The highest BCUT2D eigenvalue weighted by Crippen LogP contribution is 2.16. The summed E-state index contributed by atoms with van der Waals surface area (Å²) in [4.78, 5) is 21.0. The zero-order chi connectivity index (χ0) is 14.7. The molecule has 0 aromatic carbocycles. The molecule has 0 spiro atoms. The number of halogens is 2. The molecule has 112 valence electrons. The number of carbonyl (C=O) groups excluding carboxylic acids is 2. The fourth-order valence-corrected chi connectivity index (χ4v) is 1.83. The molecule has 0 rings (SSSR count). The first-order valence-electron chi connectivity index (χ1n) is 6.12. The summed E-state index contributed by atoms with van der Waals surface area (Å²) in [5, 5.41) is 0. The summed E-state index contributed by atoms with van der Waals surface area (Å²) in [6.07, 6.45) is 2.32. The molecular weight excluding hydrogens is 295 g/mol. The van der Waals surface area contributed by atoms with E-state index in [0.717, 1.165) is 0 Å². The fraction of sp³-hybridized carbons (Fsp3) is 0.833. The van der Waals surface area contributed by atoms with Crippen molar-refractivity contribution in [1.82, 2.24) is 0 Å². The van der Waals surface area contributed by atoms with Crippen LogP contribution >= 0.6 is 23.2 Å². The third kappa shape index (κ3) is 13.7. The maximum Gasteiger partial charge on any atom is 0.302 e. The Kier molecular flexibility index (Phi) is 11.0. The number of esters is 2. The summed E-state index contributed by atoms with van der Waals surface area (Å²) in [5.41, 5.74) is -1.04. The zero-order valence-electron chi connectivity index (χ0n) is 11.2. The van der Waals surface area contributed by atoms with Gasteiger partial charge in [0.2, 0.25) is 0 Å². The van der Waals surface area contributed by atoms with Crippen molar-refractivity contribution < 1.29 is 23.8 Å². The van der Waals surface area contributed by atoms with E-state index in [2.05, 4.69) is 0 Å². The van der Waals surface area contributed by atoms with Gasteiger partial charge in [0.05, 0.1) is 13.2 Å². The molecule has 0 N–H and O–H groups in total. The van der Waals surface area contributed by atoms with E-state index in [-0.39, 0.29) is 11.9 Å². The lowest BCUT2D eigenvalue weighted by Gasteiger charge is -2.15. The second-order valence-corrected chi connectivity index (χ2v) is 4.89. The minimum atomic E-state index is -0.521. The van der Waals surface area contributed by atoms with E-state index in [4.69, 9.17) is 37.4 Å². The standard InChI is InChI=1S/C12H20Cl2O5/c1-9(15)17-7-3-5-11(13)19-12(14)6-4-8-18-10(2)16/h11-12H,3-8H2,1-2H3. The quantitative estimate of drug-likeness (QED) is 0.352. The number of rotatable bonds is 10. The summed E-state index contributed by atoms with van der Waals surface area (Å²) >= 11 is 11.8. The van der Waals surface area contributed by atoms with Crippen LogP contribution in [0.2, 0.25) is 0 Å². The maximum absolute atomic E-state index is 10.5. The molecule has 0 radical (unpaired) electrons. The van der Waals surface area contributed by atoms with Crippen LogP contribution in [0, 0.1) is 0 Å². The van der Waals surface area contributed by atoms with Crippen LogP contribution in [0.3, 0.4) is 0 Å². The van der Waals surface area contributed by atoms with E-state index in [0.29, 0.717) is 38.9 Å². The van der Waals surface area contributed by atoms with Crippen molar-refractivity contribution in [2.24, 2.45) is 0 Å². The Labute approximate surface area is 123 Å². The molecule has 0 heterocycles. The number of hydrogen-bond acceptors (Lipinski definition) is 5. The van der Waals surface area contributed by atoms with Gasteiger partial charge in [-0.25, -0.2) is 0 Å². The molecule has 0 saturated carbocycles. The molecule has 2 unspecified atom stereocenters. The fourth-order valence-electron chi connectivity index (χ4n) is 1.22. The number of alkyl halides is 2. The molecule has 0 aromatic heterocycles. The third-order valence-corrected chi connectivity index (χ3v) is 2.70. The smallest absolute Gasteiger partial charge is 0.302 e. The van der Waals surface area contributed by atoms with Gasteiger partial charge in [-0.05, 0) is 25.7 Å². The van der Waals surface area contributed by atoms with Gasteiger partial charge >= 0.3 is 11.9 Å². The molecular formula is C12H20Cl2O5. The van der Waals surface area contributed by atoms with Crippen LogP contribution < -0.4 is 0 Å². The van der Waals surface area contributed by atoms with E-state index in [1.807, 2.05) is 0 Å². The first-order chi connectivity index (χ1) is 8.91. The second kappa shape index (κ2) is 11.3. The van der Waals surface area contributed by atoms with Gasteiger partial charge in [0.25, 0.3) is 0 Å². The lowest BCUT2D eigenvalue weighted by molar-refractivity contribution is -0.142. The average molecular weight is 315 g/mol. The minimum Gasteiger partial charge on any atom is -0.466 e. The normalized spacial score (nSPS) is 13.7. The number of ether oxygens (including phenoxy) is 3. The highest BCUT2D eigenvalue weighted by atomic mass is 35.5. The molecule has 0 amide bonds. The molecule has 0 aliphatic heterocycles. The van der Waals surface area contributed by atoms with Gasteiger partial charge < -0.3 is 14.2 Å². The summed E-state index contributed by atoms with van der Waals surface area (Å²) in [5.74, 6) is -0.625. The van der Waals surface area contributed by atoms with E-state index >= 15 is 0 Å². The minimum absolute atomic E-state index is 0.312. The predicted molar refractivity (Wildman–Crippen MR) is 72.1 cm³/mol. The molecule has 0 bridgehead atoms. The van der Waals surface area contributed by atoms with E-state index in [1.165, 1.54) is 13.8 Å². The topological polar surface area (TPSA) is 61.8 Å². The molecule has 19 heavy (non-hydrogen) atoms. The van der Waals surface area contributed by atoms with Crippen LogP contribution in [0.5, 0.6) is 0 Å². The lowest BCUT2D eigenvalue weighted by atomic mass is 10.3. The van der Waals surface area contributed by atoms with Crippen molar-refractivity contribution in [3.8, 4) is 0 Å². The van der Waals surface area contributed by atoms with Crippen molar-refractivity contribution in [3.63, 3.8) is 0 Å². The van der Waals surface area contributed by atoms with Crippen LogP contribution in [0.25, 0.3) is 0 Å². The van der Waals surface area contributed by atoms with Crippen LogP contribution in [-0.4, -0.2) is 36.3 Å². The van der Waals surface area contributed by atoms with Gasteiger partial charge in [-0.1, -0.05) is 23.2 Å². The predicted octanol–water partition coefficient (Wildman–Crippen LogP) is 2.82. The molecule has 0 fully saturated rings. The van der Waals surface area contributed by atoms with Crippen LogP contribution in [0.15, 0.2) is 0 Å². The van der Waals surface area contributed by atoms with Crippen LogP contribution in [0.4, 0.5) is 0 Å². The summed E-state index contributed by atoms with van der Waals surface area (Å²) in [6, 6.07) is 0. The Morgan fingerprint density at radius 3 is 1.58 bits per heavy atom. The van der Waals surface area contributed by atoms with Gasteiger partial charge in [0.15, 0.2) is 0 Å². The third-order valence-electron chi connectivity index (χ3n) is 2.06. The summed E-state index contributed by atoms with van der Waals surface area (Å²) in [7, 11) is 0. The van der Waals surface area contributed by atoms with Gasteiger partial charge in [0, 0.05) is 13.8 Å². The van der Waals surface area contributed by atoms with Crippen LogP contribution in [0.1, 0.15) is 39.5 Å². The molecule has 7 heteroatoms. The maximum atomic E-state index is 10.5. The van der Waals surface area contributed by atoms with E-state index in [9.17, 15) is 9.59 Å². The molecule has 5 nitrogen and oxygen atoms in total. The zero-order valence-corrected chi connectivity index (χ0v) is 12.7. The molecule has 0 saturated heterocycles. The Morgan fingerprint density at radius 1 is 0.895 bits per heavy atom. The van der Waals surface area contributed by atoms with Gasteiger partial charge in [0.1, 0.15) is 11.1 Å². The highest BCUT2D eigenvalue weighted by Gasteiger charge is 2.12. The van der Waals surface area contributed by atoms with Crippen molar-refractivity contribution in [3.05, 3.63) is 0 Å². The molecule has 2 atom stereocenters. The summed E-state index contributed by atoms with van der Waals surface area (Å²) < 4.78 is 14.8. The Hall–Kier alpha value is -0.520. The summed E-state index contributed by atoms with van der Waals surface area (Å²) in [6.45, 7) is 3.35.